The summed E-state index contributed by atoms with van der Waals surface area (Å²) < 4.78 is 19.8. The number of rotatable bonds is 0. The summed E-state index contributed by atoms with van der Waals surface area (Å²) in [5, 5.41) is 43.2. The summed E-state index contributed by atoms with van der Waals surface area (Å²) in [6.07, 6.45) is 3.66. The minimum Gasteiger partial charge on any atom is -0.508 e. The molecule has 11 aromatic heterocycles. The van der Waals surface area contributed by atoms with Gasteiger partial charge in [-0.2, -0.15) is 5.26 Å². The van der Waals surface area contributed by atoms with E-state index < -0.39 is 0 Å². The fourth-order valence-electron chi connectivity index (χ4n) is 11.6. The highest BCUT2D eigenvalue weighted by Gasteiger charge is 2.07. The number of aromatic amines is 2. The molecule has 0 amide bonds. The van der Waals surface area contributed by atoms with Gasteiger partial charge in [0, 0.05) is 86.4 Å². The lowest BCUT2D eigenvalue weighted by atomic mass is 10.1. The SMILES string of the molecule is Cc1[nH]c2cc(O)ccc2c1C.Cc1cc2ccccc2o1.Cc1cc2cccnc2s1.Cc1cc2ncccc2s1.Cc1ccc2oc(C)cc2c1.Cc1cccc(C#N)c1.Cc1nc2ccc(O)cc2[nH]1.Cc1nc2ccccc2o1.Cc1nc2ccccc2s1.Cc1sc2cc(O)ccc2c1C.[C-]#[N+]c1ccc(C)cc1.[HH].[HH]. The van der Waals surface area contributed by atoms with E-state index in [0.29, 0.717) is 17.2 Å². The number of oxazole rings is 1. The normalized spacial score (nSPS) is 10.3. The molecule has 20 aromatic rings. The van der Waals surface area contributed by atoms with Crippen molar-refractivity contribution in [2.75, 3.05) is 0 Å². The number of H-pyrrole nitrogens is 2. The van der Waals surface area contributed by atoms with Crippen LogP contribution in [-0.4, -0.2) is 50.2 Å². The second kappa shape index (κ2) is 40.3. The molecule has 0 fully saturated rings. The van der Waals surface area contributed by atoms with Crippen LogP contribution in [0.1, 0.15) is 84.8 Å². The van der Waals surface area contributed by atoms with Crippen molar-refractivity contribution in [3.63, 3.8) is 0 Å². The fourth-order valence-corrected chi connectivity index (χ4v) is 15.3. The molecule has 15 nitrogen and oxygen atoms in total. The molecule has 0 saturated heterocycles. The zero-order valence-corrected chi connectivity index (χ0v) is 69.3. The van der Waals surface area contributed by atoms with E-state index >= 15 is 0 Å². The molecule has 0 saturated carbocycles. The standard InChI is InChI=1S/C10H11NO.C10H10OS.C10H10O.C9H8O.C8H8N2O.C8H7NO.3C8H7NS.2C8H7N.2H2/c1-6-7(2)11-10-5-8(12)3-4-9(6)10;1-6-7(2)12-10-5-8(11)3-4-9(6)10;1-7-3-4-10-9(5-7)6-8(2)11-10;1-7-6-8-4-2-3-5-9(8)10-7;1-5-9-7-3-2-6(11)4-8(7)10-5;1-6-9-7-4-2-3-5-8(7)10-6;1-6-5-7-8(10-6)3-2-4-9-7;1-6-5-7-3-2-4-9-8(7)10-6;1-6-9-7-4-2-3-5-8(7)10-6;1-7-3-5-8(9-2)6-4-7;1-7-3-2-4-8(5-7)6-9;;/h3-5,11-12H,1-2H3;3-5,11H,1-2H3;3-6H,1-2H3;2-6H,1H3;2-4,11H,1H3,(H,9,10);4*2-5H,1H3;3-6H,1H3;2-5H,1H3;2*1H. The Labute approximate surface area is 682 Å². The number of para-hydroxylation sites is 4. The molecule has 0 spiro atoms. The Kier molecular flexibility index (Phi) is 29.5. The Morgan fingerprint density at radius 1 is 0.412 bits per heavy atom. The van der Waals surface area contributed by atoms with E-state index in [2.05, 4.69) is 136 Å². The number of nitrogens with one attached hydrogen (secondary N) is 2. The molecule has 0 aliphatic rings. The van der Waals surface area contributed by atoms with Crippen LogP contribution in [0.25, 0.3) is 101 Å². The number of aromatic nitrogens is 7. The third-order valence-electron chi connectivity index (χ3n) is 17.3. The van der Waals surface area contributed by atoms with Crippen LogP contribution in [0.3, 0.4) is 0 Å². The molecule has 20 rings (SSSR count). The maximum atomic E-state index is 9.24. The highest BCUT2D eigenvalue weighted by molar-refractivity contribution is 7.19. The number of furan rings is 2. The van der Waals surface area contributed by atoms with E-state index in [1.165, 1.54) is 77.9 Å². The number of aryl methyl sites for hydroxylation is 14. The third-order valence-corrected chi connectivity index (χ3v) is 21.4. The summed E-state index contributed by atoms with van der Waals surface area (Å²) in [4.78, 5) is 35.7. The van der Waals surface area contributed by atoms with Crippen LogP contribution in [0.5, 0.6) is 17.2 Å². The van der Waals surface area contributed by atoms with Crippen molar-refractivity contribution in [2.24, 2.45) is 0 Å². The number of phenols is 3. The lowest BCUT2D eigenvalue weighted by Gasteiger charge is -1.92. The summed E-state index contributed by atoms with van der Waals surface area (Å²) >= 11 is 7.00. The minimum atomic E-state index is 0. The predicted octanol–water partition coefficient (Wildman–Crippen LogP) is 27.9. The average Bonchev–Trinajstić information content (AvgIpc) is 1.69. The summed E-state index contributed by atoms with van der Waals surface area (Å²) in [6, 6.07) is 79.7. The van der Waals surface area contributed by atoms with Crippen molar-refractivity contribution in [1.29, 1.82) is 5.26 Å². The number of pyridine rings is 2. The quantitative estimate of drug-likeness (QED) is 0.0894. The van der Waals surface area contributed by atoms with Crippen molar-refractivity contribution in [3.8, 4) is 23.3 Å². The Balaban J connectivity index is 0.000000159. The highest BCUT2D eigenvalue weighted by Crippen LogP contribution is 2.33. The number of hydrogen-bond donors (Lipinski definition) is 5. The number of nitriles is 1. The van der Waals surface area contributed by atoms with Gasteiger partial charge in [-0.1, -0.05) is 102 Å². The van der Waals surface area contributed by atoms with Crippen molar-refractivity contribution in [3.05, 3.63) is 348 Å². The summed E-state index contributed by atoms with van der Waals surface area (Å²) in [7, 11) is 0. The van der Waals surface area contributed by atoms with Crippen LogP contribution in [0, 0.1) is 115 Å². The van der Waals surface area contributed by atoms with Gasteiger partial charge in [0.15, 0.2) is 17.2 Å². The number of phenolic OH excluding ortho intramolecular Hbond substituents is 3. The maximum Gasteiger partial charge on any atom is 0.192 e. The lowest BCUT2D eigenvalue weighted by molar-refractivity contribution is 0.475. The Morgan fingerprint density at radius 2 is 1.01 bits per heavy atom. The van der Waals surface area contributed by atoms with Gasteiger partial charge in [0.2, 0.25) is 0 Å². The molecule has 0 bridgehead atoms. The Morgan fingerprint density at radius 3 is 1.69 bits per heavy atom. The first-order valence-corrected chi connectivity index (χ1v) is 39.8. The number of imidazole rings is 1. The number of nitrogens with zero attached hydrogens (tertiary/aromatic N) is 7. The highest BCUT2D eigenvalue weighted by atomic mass is 32.1. The van der Waals surface area contributed by atoms with Gasteiger partial charge in [0.1, 0.15) is 56.1 Å². The van der Waals surface area contributed by atoms with Crippen LogP contribution in [0.4, 0.5) is 5.69 Å². The van der Waals surface area contributed by atoms with E-state index in [0.717, 1.165) is 99.7 Å². The van der Waals surface area contributed by atoms with E-state index in [1.807, 2.05) is 219 Å². The van der Waals surface area contributed by atoms with Gasteiger partial charge in [-0.3, -0.25) is 4.98 Å². The number of aromatic hydroxyl groups is 3. The first kappa shape index (κ1) is 83.5. The van der Waals surface area contributed by atoms with Crippen molar-refractivity contribution >= 4 is 147 Å². The number of hydrogen-bond acceptors (Lipinski definition) is 16. The van der Waals surface area contributed by atoms with Gasteiger partial charge in [-0.25, -0.2) is 24.8 Å². The zero-order chi connectivity index (χ0) is 81.4. The van der Waals surface area contributed by atoms with Gasteiger partial charge in [-0.15, -0.1) is 45.3 Å². The lowest BCUT2D eigenvalue weighted by Crippen LogP contribution is -1.73. The fraction of sp³-hybridized carbons (Fsp3) is 0.147. The number of thiophene rings is 3. The van der Waals surface area contributed by atoms with Crippen LogP contribution in [0.15, 0.2) is 268 Å². The summed E-state index contributed by atoms with van der Waals surface area (Å²) in [5.74, 6) is 4.47. The molecular weight excluding hydrogens is 1490 g/mol. The van der Waals surface area contributed by atoms with E-state index in [-0.39, 0.29) is 8.60 Å². The molecule has 0 unspecified atom stereocenters. The van der Waals surface area contributed by atoms with Gasteiger partial charge in [-0.05, 0) is 252 Å². The van der Waals surface area contributed by atoms with Crippen LogP contribution >= 0.6 is 45.3 Å². The smallest absolute Gasteiger partial charge is 0.192 e. The molecule has 19 heteroatoms. The molecule has 0 atom stereocenters. The first-order chi connectivity index (χ1) is 54.8. The second-order valence-electron chi connectivity index (χ2n) is 26.7. The van der Waals surface area contributed by atoms with Gasteiger partial charge >= 0.3 is 0 Å². The molecule has 5 N–H and O–H groups in total. The van der Waals surface area contributed by atoms with Crippen molar-refractivity contribution in [2.45, 2.75) is 96.9 Å². The number of fused-ring (bicyclic) bond motifs is 9. The van der Waals surface area contributed by atoms with Gasteiger partial charge in [0.05, 0.1) is 54.7 Å². The Bertz CT molecular complexity index is 5880. The average molecular weight is 1590 g/mol. The van der Waals surface area contributed by atoms with Crippen LogP contribution in [-0.2, 0) is 0 Å². The monoisotopic (exact) mass is 1580 g/mol. The van der Waals surface area contributed by atoms with E-state index in [4.69, 9.17) is 30.2 Å². The van der Waals surface area contributed by atoms with E-state index in [1.54, 1.807) is 87.8 Å². The predicted molar refractivity (Wildman–Crippen MR) is 481 cm³/mol. The van der Waals surface area contributed by atoms with Gasteiger partial charge < -0.3 is 38.5 Å². The Hall–Kier alpha value is -13.0. The summed E-state index contributed by atoms with van der Waals surface area (Å²) in [6.45, 7) is 34.9. The van der Waals surface area contributed by atoms with Crippen molar-refractivity contribution in [1.82, 2.24) is 34.9 Å². The van der Waals surface area contributed by atoms with Crippen molar-refractivity contribution < 1.29 is 31.4 Å². The first-order valence-electron chi connectivity index (χ1n) is 36.6. The second-order valence-corrected chi connectivity index (χ2v) is 31.7. The molecular formula is C95H93N9O6S4. The summed E-state index contributed by atoms with van der Waals surface area (Å²) in [5.41, 5.74) is 17.5. The molecule has 0 aliphatic carbocycles. The van der Waals surface area contributed by atoms with E-state index in [9.17, 15) is 10.2 Å². The molecule has 11 heterocycles. The molecule has 578 valence electrons. The molecule has 0 aliphatic heterocycles. The van der Waals surface area contributed by atoms with Crippen LogP contribution < -0.4 is 0 Å². The van der Waals surface area contributed by atoms with Crippen LogP contribution in [0.2, 0.25) is 0 Å². The number of benzene rings is 9. The maximum absolute atomic E-state index is 9.24. The molecule has 114 heavy (non-hydrogen) atoms. The zero-order valence-electron chi connectivity index (χ0n) is 66.1. The molecule has 9 aromatic carbocycles. The topological polar surface area (TPSA) is 224 Å². The largest absolute Gasteiger partial charge is 0.508 e. The number of thiazole rings is 1. The van der Waals surface area contributed by atoms with Gasteiger partial charge in [0.25, 0.3) is 0 Å². The molecule has 0 radical (unpaired) electrons. The third kappa shape index (κ3) is 24.2. The minimum absolute atomic E-state index is 0.